The lowest BCUT2D eigenvalue weighted by molar-refractivity contribution is -0.115. The van der Waals surface area contributed by atoms with Crippen molar-refractivity contribution in [2.45, 2.75) is 24.7 Å². The van der Waals surface area contributed by atoms with Crippen molar-refractivity contribution in [3.8, 4) is 11.1 Å². The molecule has 156 valence electrons. The van der Waals surface area contributed by atoms with Gasteiger partial charge < -0.3 is 11.1 Å². The zero-order valence-corrected chi connectivity index (χ0v) is 16.4. The Bertz CT molecular complexity index is 1270. The highest BCUT2D eigenvalue weighted by molar-refractivity contribution is 5.92. The molecule has 0 radical (unpaired) electrons. The number of halogens is 2. The minimum absolute atomic E-state index is 0.102. The Labute approximate surface area is 176 Å². The molecule has 2 aromatic carbocycles. The molecule has 1 aliphatic rings. The molecule has 2 heterocycles. The molecular weight excluding hydrogens is 400 g/mol. The molecule has 3 N–H and O–H groups in total. The van der Waals surface area contributed by atoms with Gasteiger partial charge in [-0.2, -0.15) is 4.98 Å². The number of amides is 1. The second-order valence-electron chi connectivity index (χ2n) is 7.75. The predicted molar refractivity (Wildman–Crippen MR) is 114 cm³/mol. The summed E-state index contributed by atoms with van der Waals surface area (Å²) in [6, 6.07) is 18.1. The third kappa shape index (κ3) is 3.96. The van der Waals surface area contributed by atoms with Gasteiger partial charge in [0.15, 0.2) is 5.65 Å². The topological polar surface area (TPSA) is 85.3 Å². The van der Waals surface area contributed by atoms with Crippen LogP contribution in [0.3, 0.4) is 0 Å². The maximum absolute atomic E-state index is 13.2. The minimum atomic E-state index is -2.59. The Morgan fingerprint density at radius 3 is 2.48 bits per heavy atom. The van der Waals surface area contributed by atoms with Gasteiger partial charge in [-0.3, -0.25) is 4.79 Å². The molecule has 31 heavy (non-hydrogen) atoms. The average Bonchev–Trinajstić information content (AvgIpc) is 3.21. The molecule has 1 atom stereocenters. The van der Waals surface area contributed by atoms with E-state index in [1.165, 1.54) is 0 Å². The summed E-state index contributed by atoms with van der Waals surface area (Å²) in [6.45, 7) is 0. The first kappa shape index (κ1) is 19.2. The first-order valence-corrected chi connectivity index (χ1v) is 9.86. The van der Waals surface area contributed by atoms with Crippen LogP contribution in [0.1, 0.15) is 23.5 Å². The molecule has 4 aromatic rings. The number of nitrogens with two attached hydrogens (primary N) is 1. The van der Waals surface area contributed by atoms with E-state index >= 15 is 0 Å². The maximum Gasteiger partial charge on any atom is 0.255 e. The summed E-state index contributed by atoms with van der Waals surface area (Å²) in [6.07, 6.45) is 1.91. The number of nitrogens with zero attached hydrogens (tertiary/aromatic N) is 3. The summed E-state index contributed by atoms with van der Waals surface area (Å²) in [5.74, 6) is -3.24. The smallest absolute Gasteiger partial charge is 0.255 e. The van der Waals surface area contributed by atoms with Gasteiger partial charge in [0.25, 0.3) is 5.92 Å². The van der Waals surface area contributed by atoms with E-state index in [9.17, 15) is 13.6 Å². The van der Waals surface area contributed by atoms with Crippen molar-refractivity contribution in [2.24, 2.45) is 0 Å². The van der Waals surface area contributed by atoms with Gasteiger partial charge in [0, 0.05) is 18.3 Å². The number of alkyl halides is 2. The molecule has 0 saturated heterocycles. The van der Waals surface area contributed by atoms with E-state index in [1.807, 2.05) is 36.4 Å². The van der Waals surface area contributed by atoms with Gasteiger partial charge in [0.2, 0.25) is 11.9 Å². The minimum Gasteiger partial charge on any atom is -0.366 e. The van der Waals surface area contributed by atoms with Crippen LogP contribution < -0.4 is 11.1 Å². The lowest BCUT2D eigenvalue weighted by Crippen LogP contribution is -2.14. The van der Waals surface area contributed by atoms with E-state index in [4.69, 9.17) is 5.73 Å². The molecule has 0 aliphatic heterocycles. The molecule has 1 fully saturated rings. The first-order valence-electron chi connectivity index (χ1n) is 9.86. The second-order valence-corrected chi connectivity index (χ2v) is 7.75. The number of pyridine rings is 1. The highest BCUT2D eigenvalue weighted by Crippen LogP contribution is 2.55. The van der Waals surface area contributed by atoms with Gasteiger partial charge in [-0.05, 0) is 46.5 Å². The third-order valence-electron chi connectivity index (χ3n) is 5.43. The van der Waals surface area contributed by atoms with Crippen LogP contribution in [0.25, 0.3) is 16.8 Å². The fourth-order valence-electron chi connectivity index (χ4n) is 3.66. The summed E-state index contributed by atoms with van der Waals surface area (Å²) >= 11 is 0. The van der Waals surface area contributed by atoms with Gasteiger partial charge in [-0.1, -0.05) is 36.4 Å². The van der Waals surface area contributed by atoms with Crippen molar-refractivity contribution < 1.29 is 13.6 Å². The molecule has 1 unspecified atom stereocenters. The normalized spacial score (nSPS) is 16.9. The number of rotatable bonds is 5. The van der Waals surface area contributed by atoms with Gasteiger partial charge in [0.1, 0.15) is 0 Å². The summed E-state index contributed by atoms with van der Waals surface area (Å²) in [5, 5.41) is 6.87. The molecular formula is C23H19F2N5O. The van der Waals surface area contributed by atoms with E-state index in [-0.39, 0.29) is 24.7 Å². The van der Waals surface area contributed by atoms with E-state index < -0.39 is 11.8 Å². The largest absolute Gasteiger partial charge is 0.366 e. The molecule has 1 saturated carbocycles. The number of fused-ring (bicyclic) bond motifs is 1. The number of hydrogen-bond donors (Lipinski definition) is 2. The number of nitrogens with one attached hydrogen (secondary N) is 1. The van der Waals surface area contributed by atoms with Crippen LogP contribution in [0.4, 0.5) is 20.4 Å². The fourth-order valence-corrected chi connectivity index (χ4v) is 3.66. The monoisotopic (exact) mass is 419 g/mol. The Hall–Kier alpha value is -3.81. The summed E-state index contributed by atoms with van der Waals surface area (Å²) in [5.41, 5.74) is 10.3. The molecule has 6 nitrogen and oxygen atoms in total. The maximum atomic E-state index is 13.2. The van der Waals surface area contributed by atoms with Crippen molar-refractivity contribution >= 4 is 23.2 Å². The molecule has 8 heteroatoms. The van der Waals surface area contributed by atoms with E-state index in [0.717, 1.165) is 16.7 Å². The van der Waals surface area contributed by atoms with Crippen molar-refractivity contribution in [1.29, 1.82) is 0 Å². The van der Waals surface area contributed by atoms with Crippen LogP contribution >= 0.6 is 0 Å². The predicted octanol–water partition coefficient (Wildman–Crippen LogP) is 4.28. The van der Waals surface area contributed by atoms with E-state index in [1.54, 1.807) is 35.0 Å². The zero-order valence-electron chi connectivity index (χ0n) is 16.4. The number of benzene rings is 2. The van der Waals surface area contributed by atoms with Gasteiger partial charge in [-0.25, -0.2) is 13.3 Å². The standard InChI is InChI=1S/C23H19F2N5O/c24-23(25)13-19(23)16-5-7-18(8-6-16)27-21(31)11-14-1-3-15(4-2-14)17-9-10-30-20(12-17)28-22(26)29-30/h1-10,12,19H,11,13H2,(H2,26,29)(H,27,31). The highest BCUT2D eigenvalue weighted by Gasteiger charge is 2.57. The number of carbonyl (C=O) groups excluding carboxylic acids is 1. The second kappa shape index (κ2) is 7.16. The number of hydrogen-bond acceptors (Lipinski definition) is 4. The number of aromatic nitrogens is 3. The molecule has 1 aliphatic carbocycles. The fraction of sp³-hybridized carbons (Fsp3) is 0.174. The summed E-state index contributed by atoms with van der Waals surface area (Å²) in [4.78, 5) is 16.5. The van der Waals surface area contributed by atoms with Crippen molar-refractivity contribution in [3.63, 3.8) is 0 Å². The zero-order chi connectivity index (χ0) is 21.6. The van der Waals surface area contributed by atoms with Crippen LogP contribution in [-0.4, -0.2) is 26.4 Å². The molecule has 2 aromatic heterocycles. The van der Waals surface area contributed by atoms with E-state index in [2.05, 4.69) is 15.4 Å². The number of anilines is 2. The Balaban J connectivity index is 1.22. The van der Waals surface area contributed by atoms with Crippen molar-refractivity contribution in [1.82, 2.24) is 14.6 Å². The van der Waals surface area contributed by atoms with Crippen LogP contribution in [-0.2, 0) is 11.2 Å². The molecule has 0 spiro atoms. The van der Waals surface area contributed by atoms with Gasteiger partial charge >= 0.3 is 0 Å². The number of nitrogen functional groups attached to an aromatic ring is 1. The molecule has 0 bridgehead atoms. The summed E-state index contributed by atoms with van der Waals surface area (Å²) < 4.78 is 27.9. The van der Waals surface area contributed by atoms with Crippen molar-refractivity contribution in [3.05, 3.63) is 78.0 Å². The van der Waals surface area contributed by atoms with Crippen LogP contribution in [0, 0.1) is 0 Å². The lowest BCUT2D eigenvalue weighted by atomic mass is 10.0. The number of carbonyl (C=O) groups is 1. The van der Waals surface area contributed by atoms with E-state index in [0.29, 0.717) is 16.9 Å². The Kier molecular flexibility index (Phi) is 4.43. The SMILES string of the molecule is Nc1nc2cc(-c3ccc(CC(=O)Nc4ccc(C5CC5(F)F)cc4)cc3)ccn2n1. The van der Waals surface area contributed by atoms with Crippen LogP contribution in [0.2, 0.25) is 0 Å². The van der Waals surface area contributed by atoms with Crippen LogP contribution in [0.5, 0.6) is 0 Å². The van der Waals surface area contributed by atoms with Crippen LogP contribution in [0.15, 0.2) is 66.9 Å². The third-order valence-corrected chi connectivity index (χ3v) is 5.43. The van der Waals surface area contributed by atoms with Gasteiger partial charge in [0.05, 0.1) is 12.3 Å². The first-order chi connectivity index (χ1) is 14.9. The Morgan fingerprint density at radius 1 is 1.10 bits per heavy atom. The Morgan fingerprint density at radius 2 is 1.81 bits per heavy atom. The van der Waals surface area contributed by atoms with Gasteiger partial charge in [-0.15, -0.1) is 5.10 Å². The molecule has 1 amide bonds. The summed E-state index contributed by atoms with van der Waals surface area (Å²) in [7, 11) is 0. The quantitative estimate of drug-likeness (QED) is 0.506. The van der Waals surface area contributed by atoms with Crippen molar-refractivity contribution in [2.75, 3.05) is 11.1 Å². The lowest BCUT2D eigenvalue weighted by Gasteiger charge is -2.08. The highest BCUT2D eigenvalue weighted by atomic mass is 19.3. The molecule has 5 rings (SSSR count). The average molecular weight is 419 g/mol.